The molecule has 15 heavy (non-hydrogen) atoms. The molecule has 1 fully saturated rings. The van der Waals surface area contributed by atoms with Crippen LogP contribution in [-0.4, -0.2) is 56.4 Å². The first-order valence-electron chi connectivity index (χ1n) is 4.82. The summed E-state index contributed by atoms with van der Waals surface area (Å²) < 4.78 is 10.3. The third kappa shape index (κ3) is 3.95. The van der Waals surface area contributed by atoms with E-state index in [2.05, 4.69) is 0 Å². The number of ether oxygens (including phenoxy) is 2. The van der Waals surface area contributed by atoms with Crippen molar-refractivity contribution in [2.45, 2.75) is 19.1 Å². The lowest BCUT2D eigenvalue weighted by molar-refractivity contribution is -0.148. The van der Waals surface area contributed by atoms with Crippen LogP contribution in [0.15, 0.2) is 0 Å². The molecule has 90 valence electrons. The van der Waals surface area contributed by atoms with Gasteiger partial charge in [0.2, 0.25) is 0 Å². The lowest BCUT2D eigenvalue weighted by Gasteiger charge is -2.33. The van der Waals surface area contributed by atoms with E-state index in [-0.39, 0.29) is 31.0 Å². The summed E-state index contributed by atoms with van der Waals surface area (Å²) in [6.45, 7) is 4.01. The number of methoxy groups -OCH3 is 1. The van der Waals surface area contributed by atoms with Crippen LogP contribution >= 0.6 is 12.4 Å². The van der Waals surface area contributed by atoms with Crippen LogP contribution in [0.25, 0.3) is 0 Å². The molecule has 6 heteroatoms. The maximum atomic E-state index is 11.8. The maximum Gasteiger partial charge on any atom is 0.253 e. The highest BCUT2D eigenvalue weighted by Crippen LogP contribution is 2.07. The van der Waals surface area contributed by atoms with Gasteiger partial charge in [0.05, 0.1) is 12.7 Å². The van der Waals surface area contributed by atoms with Crippen LogP contribution in [-0.2, 0) is 14.3 Å². The minimum absolute atomic E-state index is 0. The molecule has 2 unspecified atom stereocenters. The van der Waals surface area contributed by atoms with Gasteiger partial charge in [-0.05, 0) is 6.92 Å². The van der Waals surface area contributed by atoms with E-state index in [0.29, 0.717) is 19.7 Å². The summed E-state index contributed by atoms with van der Waals surface area (Å²) in [6, 6.07) is 0. The van der Waals surface area contributed by atoms with Crippen molar-refractivity contribution in [3.8, 4) is 0 Å². The average Bonchev–Trinajstić information content (AvgIpc) is 2.19. The second-order valence-corrected chi connectivity index (χ2v) is 3.43. The summed E-state index contributed by atoms with van der Waals surface area (Å²) in [7, 11) is 1.50. The molecular formula is C9H19ClN2O3. The summed E-state index contributed by atoms with van der Waals surface area (Å²) in [5.41, 5.74) is 5.42. The Bertz CT molecular complexity index is 200. The highest BCUT2D eigenvalue weighted by atomic mass is 35.5. The van der Waals surface area contributed by atoms with E-state index in [9.17, 15) is 4.79 Å². The molecule has 0 bridgehead atoms. The first-order chi connectivity index (χ1) is 6.69. The molecule has 2 N–H and O–H groups in total. The van der Waals surface area contributed by atoms with Crippen LogP contribution in [0.1, 0.15) is 6.92 Å². The molecule has 0 spiro atoms. The van der Waals surface area contributed by atoms with E-state index < -0.39 is 6.10 Å². The lowest BCUT2D eigenvalue weighted by Crippen LogP contribution is -2.50. The molecular weight excluding hydrogens is 220 g/mol. The smallest absolute Gasteiger partial charge is 0.253 e. The average molecular weight is 239 g/mol. The van der Waals surface area contributed by atoms with E-state index in [4.69, 9.17) is 15.2 Å². The van der Waals surface area contributed by atoms with Gasteiger partial charge in [-0.2, -0.15) is 0 Å². The Morgan fingerprint density at radius 3 is 2.87 bits per heavy atom. The van der Waals surface area contributed by atoms with Crippen molar-refractivity contribution >= 4 is 18.3 Å². The number of nitrogens with two attached hydrogens (primary N) is 1. The Hall–Kier alpha value is -0.360. The SMILES string of the molecule is COC(CN)C(=O)N1CCOC(C)C1.Cl. The van der Waals surface area contributed by atoms with Gasteiger partial charge in [-0.1, -0.05) is 0 Å². The number of hydrogen-bond acceptors (Lipinski definition) is 4. The number of amides is 1. The molecule has 1 aliphatic heterocycles. The fourth-order valence-electron chi connectivity index (χ4n) is 1.52. The third-order valence-corrected chi connectivity index (χ3v) is 2.33. The van der Waals surface area contributed by atoms with Gasteiger partial charge in [0, 0.05) is 26.7 Å². The minimum atomic E-state index is -0.514. The number of carbonyl (C=O) groups is 1. The van der Waals surface area contributed by atoms with E-state index >= 15 is 0 Å². The highest BCUT2D eigenvalue weighted by molar-refractivity contribution is 5.85. The van der Waals surface area contributed by atoms with Gasteiger partial charge in [0.15, 0.2) is 0 Å². The molecule has 1 heterocycles. The first-order valence-corrected chi connectivity index (χ1v) is 4.82. The van der Waals surface area contributed by atoms with Gasteiger partial charge in [-0.15, -0.1) is 12.4 Å². The summed E-state index contributed by atoms with van der Waals surface area (Å²) in [4.78, 5) is 13.5. The molecule has 5 nitrogen and oxygen atoms in total. The Balaban J connectivity index is 0.00000196. The van der Waals surface area contributed by atoms with Crippen molar-refractivity contribution in [2.75, 3.05) is 33.4 Å². The van der Waals surface area contributed by atoms with E-state index in [1.165, 1.54) is 7.11 Å². The Labute approximate surface area is 96.3 Å². The zero-order valence-electron chi connectivity index (χ0n) is 9.14. The van der Waals surface area contributed by atoms with E-state index in [1.54, 1.807) is 4.90 Å². The summed E-state index contributed by atoms with van der Waals surface area (Å²) in [5, 5.41) is 0. The summed E-state index contributed by atoms with van der Waals surface area (Å²) in [6.07, 6.45) is -0.414. The van der Waals surface area contributed by atoms with Gasteiger partial charge in [-0.25, -0.2) is 0 Å². The van der Waals surface area contributed by atoms with Crippen molar-refractivity contribution in [1.29, 1.82) is 0 Å². The minimum Gasteiger partial charge on any atom is -0.375 e. The van der Waals surface area contributed by atoms with Gasteiger partial charge >= 0.3 is 0 Å². The summed E-state index contributed by atoms with van der Waals surface area (Å²) in [5.74, 6) is -0.0369. The van der Waals surface area contributed by atoms with Crippen LogP contribution in [0, 0.1) is 0 Å². The number of carbonyl (C=O) groups excluding carboxylic acids is 1. The Morgan fingerprint density at radius 1 is 1.73 bits per heavy atom. The molecule has 1 aliphatic rings. The quantitative estimate of drug-likeness (QED) is 0.729. The van der Waals surface area contributed by atoms with Crippen molar-refractivity contribution in [1.82, 2.24) is 4.90 Å². The van der Waals surface area contributed by atoms with Crippen LogP contribution in [0.4, 0.5) is 0 Å². The third-order valence-electron chi connectivity index (χ3n) is 2.33. The molecule has 0 aromatic rings. The number of rotatable bonds is 3. The van der Waals surface area contributed by atoms with Crippen molar-refractivity contribution < 1.29 is 14.3 Å². The van der Waals surface area contributed by atoms with Crippen LogP contribution in [0.5, 0.6) is 0 Å². The predicted molar refractivity (Wildman–Crippen MR) is 59.1 cm³/mol. The van der Waals surface area contributed by atoms with Crippen molar-refractivity contribution in [3.63, 3.8) is 0 Å². The first kappa shape index (κ1) is 14.6. The van der Waals surface area contributed by atoms with Gasteiger partial charge in [0.25, 0.3) is 5.91 Å². The molecule has 1 saturated heterocycles. The van der Waals surface area contributed by atoms with Gasteiger partial charge < -0.3 is 20.1 Å². The number of nitrogens with zero attached hydrogens (tertiary/aromatic N) is 1. The molecule has 2 atom stereocenters. The van der Waals surface area contributed by atoms with Gasteiger partial charge in [-0.3, -0.25) is 4.79 Å². The Morgan fingerprint density at radius 2 is 2.40 bits per heavy atom. The number of hydrogen-bond donors (Lipinski definition) is 1. The van der Waals surface area contributed by atoms with Crippen LogP contribution in [0.3, 0.4) is 0 Å². The standard InChI is InChI=1S/C9H18N2O3.ClH/c1-7-6-11(3-4-14-7)9(12)8(5-10)13-2;/h7-8H,3-6,10H2,1-2H3;1H. The van der Waals surface area contributed by atoms with E-state index in [1.807, 2.05) is 6.92 Å². The van der Waals surface area contributed by atoms with Gasteiger partial charge in [0.1, 0.15) is 6.10 Å². The number of halogens is 1. The fourth-order valence-corrected chi connectivity index (χ4v) is 1.52. The second-order valence-electron chi connectivity index (χ2n) is 3.43. The maximum absolute atomic E-state index is 11.8. The van der Waals surface area contributed by atoms with Crippen LogP contribution < -0.4 is 5.73 Å². The number of morpholine rings is 1. The molecule has 0 aromatic heterocycles. The molecule has 0 aliphatic carbocycles. The molecule has 0 aromatic carbocycles. The zero-order valence-corrected chi connectivity index (χ0v) is 9.96. The zero-order chi connectivity index (χ0) is 10.6. The predicted octanol–water partition coefficient (Wildman–Crippen LogP) is -0.371. The molecule has 1 amide bonds. The largest absolute Gasteiger partial charge is 0.375 e. The van der Waals surface area contributed by atoms with Crippen LogP contribution in [0.2, 0.25) is 0 Å². The monoisotopic (exact) mass is 238 g/mol. The highest BCUT2D eigenvalue weighted by Gasteiger charge is 2.26. The topological polar surface area (TPSA) is 64.8 Å². The molecule has 0 saturated carbocycles. The lowest BCUT2D eigenvalue weighted by atomic mass is 10.2. The molecule has 0 radical (unpaired) electrons. The normalized spacial score (nSPS) is 23.1. The molecule has 1 rings (SSSR count). The summed E-state index contributed by atoms with van der Waals surface area (Å²) >= 11 is 0. The Kier molecular flexibility index (Phi) is 6.84. The fraction of sp³-hybridized carbons (Fsp3) is 0.889. The second kappa shape index (κ2) is 7.00. The van der Waals surface area contributed by atoms with Crippen molar-refractivity contribution in [2.24, 2.45) is 5.73 Å². The van der Waals surface area contributed by atoms with E-state index in [0.717, 1.165) is 0 Å². The van der Waals surface area contributed by atoms with Crippen molar-refractivity contribution in [3.05, 3.63) is 0 Å².